The Balaban J connectivity index is 1.82. The summed E-state index contributed by atoms with van der Waals surface area (Å²) in [7, 11) is 0. The second-order valence-electron chi connectivity index (χ2n) is 4.43. The van der Waals surface area contributed by atoms with Gasteiger partial charge in [0.2, 0.25) is 5.91 Å². The maximum Gasteiger partial charge on any atom is 0.239 e. The van der Waals surface area contributed by atoms with Gasteiger partial charge in [-0.15, -0.1) is 0 Å². The second kappa shape index (κ2) is 6.10. The van der Waals surface area contributed by atoms with Crippen molar-refractivity contribution in [1.29, 1.82) is 0 Å². The minimum absolute atomic E-state index is 0.0302. The molecular formula is C12H16BrN3O. The molecule has 1 aromatic rings. The van der Waals surface area contributed by atoms with Gasteiger partial charge in [-0.3, -0.25) is 9.78 Å². The molecule has 4 nitrogen and oxygen atoms in total. The molecule has 17 heavy (non-hydrogen) atoms. The van der Waals surface area contributed by atoms with Gasteiger partial charge in [-0.2, -0.15) is 0 Å². The number of aromatic nitrogens is 2. The Morgan fingerprint density at radius 3 is 2.88 bits per heavy atom. The quantitative estimate of drug-likeness (QED) is 0.870. The van der Waals surface area contributed by atoms with Crippen LogP contribution in [0.25, 0.3) is 0 Å². The summed E-state index contributed by atoms with van der Waals surface area (Å²) in [6.07, 6.45) is 10.7. The number of carbonyl (C=O) groups is 1. The van der Waals surface area contributed by atoms with Crippen LogP contribution < -0.4 is 5.32 Å². The van der Waals surface area contributed by atoms with Crippen molar-refractivity contribution in [2.24, 2.45) is 5.92 Å². The van der Waals surface area contributed by atoms with Crippen LogP contribution in [0.2, 0.25) is 0 Å². The Bertz CT molecular complexity index is 365. The summed E-state index contributed by atoms with van der Waals surface area (Å²) in [6.45, 7) is 0. The van der Waals surface area contributed by atoms with Crippen molar-refractivity contribution in [1.82, 2.24) is 9.97 Å². The molecule has 5 heteroatoms. The van der Waals surface area contributed by atoms with E-state index in [2.05, 4.69) is 31.2 Å². The van der Waals surface area contributed by atoms with Crippen LogP contribution in [0, 0.1) is 5.92 Å². The number of hydrogen-bond donors (Lipinski definition) is 1. The molecule has 1 aliphatic rings. The Morgan fingerprint density at radius 1 is 1.47 bits per heavy atom. The molecule has 1 saturated carbocycles. The first-order valence-electron chi connectivity index (χ1n) is 5.96. The van der Waals surface area contributed by atoms with Gasteiger partial charge >= 0.3 is 0 Å². The lowest BCUT2D eigenvalue weighted by Crippen LogP contribution is -2.25. The first-order chi connectivity index (χ1) is 8.25. The average Bonchev–Trinajstić information content (AvgIpc) is 2.83. The van der Waals surface area contributed by atoms with Gasteiger partial charge < -0.3 is 5.32 Å². The molecule has 0 spiro atoms. The number of rotatable bonds is 4. The molecule has 0 radical (unpaired) electrons. The normalized spacial score (nSPS) is 17.9. The average molecular weight is 298 g/mol. The Morgan fingerprint density at radius 2 is 2.24 bits per heavy atom. The van der Waals surface area contributed by atoms with Gasteiger partial charge in [0.25, 0.3) is 0 Å². The van der Waals surface area contributed by atoms with Crippen molar-refractivity contribution in [2.45, 2.75) is 36.9 Å². The van der Waals surface area contributed by atoms with E-state index in [0.717, 1.165) is 6.42 Å². The van der Waals surface area contributed by atoms with Crippen LogP contribution in [0.4, 0.5) is 5.82 Å². The lowest BCUT2D eigenvalue weighted by Gasteiger charge is -2.14. The highest BCUT2D eigenvalue weighted by molar-refractivity contribution is 9.10. The third kappa shape index (κ3) is 3.77. The van der Waals surface area contributed by atoms with Crippen LogP contribution in [0.5, 0.6) is 0 Å². The third-order valence-electron chi connectivity index (χ3n) is 3.11. The van der Waals surface area contributed by atoms with E-state index in [9.17, 15) is 4.79 Å². The van der Waals surface area contributed by atoms with Crippen molar-refractivity contribution in [3.63, 3.8) is 0 Å². The molecule has 0 saturated heterocycles. The zero-order chi connectivity index (χ0) is 12.1. The number of carbonyl (C=O) groups excluding carboxylic acids is 1. The molecule has 0 aromatic carbocycles. The monoisotopic (exact) mass is 297 g/mol. The maximum atomic E-state index is 11.9. The fourth-order valence-electron chi connectivity index (χ4n) is 2.21. The molecule has 2 rings (SSSR count). The molecule has 92 valence electrons. The van der Waals surface area contributed by atoms with Gasteiger partial charge in [0.1, 0.15) is 0 Å². The highest BCUT2D eigenvalue weighted by Crippen LogP contribution is 2.30. The molecule has 1 fully saturated rings. The molecule has 1 N–H and O–H groups in total. The van der Waals surface area contributed by atoms with Gasteiger partial charge in [-0.1, -0.05) is 41.6 Å². The fourth-order valence-corrected chi connectivity index (χ4v) is 2.86. The molecule has 1 atom stereocenters. The summed E-state index contributed by atoms with van der Waals surface area (Å²) in [6, 6.07) is 0. The third-order valence-corrected chi connectivity index (χ3v) is 3.90. The van der Waals surface area contributed by atoms with Crippen molar-refractivity contribution in [2.75, 3.05) is 5.32 Å². The zero-order valence-corrected chi connectivity index (χ0v) is 11.2. The zero-order valence-electron chi connectivity index (χ0n) is 9.60. The summed E-state index contributed by atoms with van der Waals surface area (Å²) >= 11 is 3.45. The predicted molar refractivity (Wildman–Crippen MR) is 70.0 cm³/mol. The largest absolute Gasteiger partial charge is 0.308 e. The first kappa shape index (κ1) is 12.5. The molecule has 1 amide bonds. The number of nitrogens with zero attached hydrogens (tertiary/aromatic N) is 2. The van der Waals surface area contributed by atoms with Crippen LogP contribution >= 0.6 is 15.9 Å². The van der Waals surface area contributed by atoms with Crippen LogP contribution in [0.15, 0.2) is 18.6 Å². The van der Waals surface area contributed by atoms with Gasteiger partial charge in [0, 0.05) is 12.4 Å². The van der Waals surface area contributed by atoms with E-state index in [1.807, 2.05) is 0 Å². The van der Waals surface area contributed by atoms with Gasteiger partial charge in [-0.05, 0) is 12.3 Å². The molecule has 0 bridgehead atoms. The Labute approximate surface area is 109 Å². The van der Waals surface area contributed by atoms with Crippen molar-refractivity contribution in [3.8, 4) is 0 Å². The van der Waals surface area contributed by atoms with Crippen LogP contribution in [-0.2, 0) is 4.79 Å². The Hall–Kier alpha value is -0.970. The maximum absolute atomic E-state index is 11.9. The first-order valence-corrected chi connectivity index (χ1v) is 6.88. The highest BCUT2D eigenvalue weighted by atomic mass is 79.9. The molecule has 1 aromatic heterocycles. The van der Waals surface area contributed by atoms with E-state index in [1.165, 1.54) is 25.7 Å². The summed E-state index contributed by atoms with van der Waals surface area (Å²) in [5.41, 5.74) is 0. The smallest absolute Gasteiger partial charge is 0.239 e. The number of halogens is 1. The SMILES string of the molecule is O=C(Nc1cnccn1)C(Br)CC1CCCC1. The molecular weight excluding hydrogens is 282 g/mol. The summed E-state index contributed by atoms with van der Waals surface area (Å²) in [5.74, 6) is 1.16. The van der Waals surface area contributed by atoms with Gasteiger partial charge in [0.15, 0.2) is 5.82 Å². The Kier molecular flexibility index (Phi) is 4.48. The van der Waals surface area contributed by atoms with Crippen molar-refractivity contribution < 1.29 is 4.79 Å². The van der Waals surface area contributed by atoms with E-state index in [0.29, 0.717) is 11.7 Å². The lowest BCUT2D eigenvalue weighted by molar-refractivity contribution is -0.115. The van der Waals surface area contributed by atoms with E-state index in [-0.39, 0.29) is 10.7 Å². The molecule has 1 heterocycles. The minimum atomic E-state index is -0.132. The van der Waals surface area contributed by atoms with Gasteiger partial charge in [-0.25, -0.2) is 4.98 Å². The van der Waals surface area contributed by atoms with Crippen molar-refractivity contribution in [3.05, 3.63) is 18.6 Å². The summed E-state index contributed by atoms with van der Waals surface area (Å²) in [5, 5.41) is 2.76. The molecule has 0 aliphatic heterocycles. The fraction of sp³-hybridized carbons (Fsp3) is 0.583. The van der Waals surface area contributed by atoms with Crippen molar-refractivity contribution >= 4 is 27.7 Å². The molecule has 1 unspecified atom stereocenters. The van der Waals surface area contributed by atoms with Crippen LogP contribution in [0.3, 0.4) is 0 Å². The van der Waals surface area contributed by atoms with Crippen LogP contribution in [-0.4, -0.2) is 20.7 Å². The number of alkyl halides is 1. The summed E-state index contributed by atoms with van der Waals surface area (Å²) < 4.78 is 0. The minimum Gasteiger partial charge on any atom is -0.308 e. The summed E-state index contributed by atoms with van der Waals surface area (Å²) in [4.78, 5) is 19.7. The number of nitrogens with one attached hydrogen (secondary N) is 1. The second-order valence-corrected chi connectivity index (χ2v) is 5.54. The number of hydrogen-bond acceptors (Lipinski definition) is 3. The predicted octanol–water partition coefficient (Wildman–Crippen LogP) is 2.76. The lowest BCUT2D eigenvalue weighted by atomic mass is 10.0. The van der Waals surface area contributed by atoms with E-state index in [1.54, 1.807) is 18.6 Å². The number of anilines is 1. The standard InChI is InChI=1S/C12H16BrN3O/c13-10(7-9-3-1-2-4-9)12(17)16-11-8-14-5-6-15-11/h5-6,8-10H,1-4,7H2,(H,15,16,17). The molecule has 1 aliphatic carbocycles. The van der Waals surface area contributed by atoms with Gasteiger partial charge in [0.05, 0.1) is 11.0 Å². The highest BCUT2D eigenvalue weighted by Gasteiger charge is 2.23. The van der Waals surface area contributed by atoms with E-state index >= 15 is 0 Å². The number of amides is 1. The van der Waals surface area contributed by atoms with Crippen LogP contribution in [0.1, 0.15) is 32.1 Å². The van der Waals surface area contributed by atoms with E-state index in [4.69, 9.17) is 0 Å². The topological polar surface area (TPSA) is 54.9 Å². The van der Waals surface area contributed by atoms with E-state index < -0.39 is 0 Å².